The van der Waals surface area contributed by atoms with Crippen molar-refractivity contribution in [2.45, 2.75) is 0 Å². The highest BCUT2D eigenvalue weighted by Crippen LogP contribution is 2.27. The zero-order valence-corrected chi connectivity index (χ0v) is 12.6. The number of nitrogens with two attached hydrogens (primary N) is 2. The highest BCUT2D eigenvalue weighted by molar-refractivity contribution is 6.01. The number of carbonyl (C=O) groups is 1. The summed E-state index contributed by atoms with van der Waals surface area (Å²) >= 11 is 0. The third-order valence-electron chi connectivity index (χ3n) is 3.91. The van der Waals surface area contributed by atoms with Crippen LogP contribution in [0.3, 0.4) is 0 Å². The van der Waals surface area contributed by atoms with E-state index in [4.69, 9.17) is 11.5 Å². The van der Waals surface area contributed by atoms with Crippen LogP contribution >= 0.6 is 0 Å². The van der Waals surface area contributed by atoms with Gasteiger partial charge < -0.3 is 11.5 Å². The average Bonchev–Trinajstić information content (AvgIpc) is 3.25. The van der Waals surface area contributed by atoms with Crippen molar-refractivity contribution in [2.75, 3.05) is 5.73 Å². The van der Waals surface area contributed by atoms with E-state index in [9.17, 15) is 4.79 Å². The Balaban J connectivity index is 1.76. The van der Waals surface area contributed by atoms with Crippen molar-refractivity contribution in [3.8, 4) is 16.8 Å². The monoisotopic (exact) mass is 318 g/mol. The number of benzene rings is 1. The van der Waals surface area contributed by atoms with Gasteiger partial charge in [0.15, 0.2) is 0 Å². The van der Waals surface area contributed by atoms with E-state index in [-0.39, 0.29) is 5.56 Å². The Kier molecular flexibility index (Phi) is 3.06. The van der Waals surface area contributed by atoms with Crippen LogP contribution in [0, 0.1) is 0 Å². The Morgan fingerprint density at radius 1 is 1.08 bits per heavy atom. The summed E-state index contributed by atoms with van der Waals surface area (Å²) in [5, 5.41) is 8.39. The number of hydrogen-bond acceptors (Lipinski definition) is 4. The topological polar surface area (TPSA) is 104 Å². The van der Waals surface area contributed by atoms with Crippen LogP contribution in [0.4, 0.5) is 5.69 Å². The molecule has 3 aromatic heterocycles. The summed E-state index contributed by atoms with van der Waals surface area (Å²) in [6, 6.07) is 11.7. The number of aromatic nitrogens is 4. The zero-order chi connectivity index (χ0) is 16.7. The molecule has 118 valence electrons. The Morgan fingerprint density at radius 2 is 1.88 bits per heavy atom. The van der Waals surface area contributed by atoms with Crippen LogP contribution < -0.4 is 11.5 Å². The molecule has 3 heterocycles. The Bertz CT molecular complexity index is 1030. The van der Waals surface area contributed by atoms with E-state index in [1.807, 2.05) is 48.8 Å². The molecular formula is C17H14N6O. The molecule has 0 fully saturated rings. The summed E-state index contributed by atoms with van der Waals surface area (Å²) in [6.07, 6.45) is 6.87. The first kappa shape index (κ1) is 14.0. The van der Waals surface area contributed by atoms with Gasteiger partial charge in [0, 0.05) is 24.2 Å². The van der Waals surface area contributed by atoms with E-state index in [1.54, 1.807) is 15.4 Å². The van der Waals surface area contributed by atoms with Gasteiger partial charge in [0.2, 0.25) is 0 Å². The largest absolute Gasteiger partial charge is 0.396 e. The number of hydrogen-bond donors (Lipinski definition) is 2. The molecule has 7 heteroatoms. The fourth-order valence-electron chi connectivity index (χ4n) is 2.66. The third-order valence-corrected chi connectivity index (χ3v) is 3.91. The molecule has 0 aliphatic heterocycles. The van der Waals surface area contributed by atoms with Gasteiger partial charge in [0.25, 0.3) is 5.91 Å². The summed E-state index contributed by atoms with van der Waals surface area (Å²) in [7, 11) is 0. The van der Waals surface area contributed by atoms with Crippen molar-refractivity contribution in [3.63, 3.8) is 0 Å². The van der Waals surface area contributed by atoms with Crippen LogP contribution in [0.25, 0.3) is 22.3 Å². The highest BCUT2D eigenvalue weighted by atomic mass is 16.1. The number of nitrogens with zero attached hydrogens (tertiary/aromatic N) is 4. The zero-order valence-electron chi connectivity index (χ0n) is 12.6. The second-order valence-corrected chi connectivity index (χ2v) is 5.39. The molecule has 0 saturated carbocycles. The van der Waals surface area contributed by atoms with Gasteiger partial charge in [-0.15, -0.1) is 0 Å². The maximum atomic E-state index is 11.4. The molecular weight excluding hydrogens is 304 g/mol. The van der Waals surface area contributed by atoms with E-state index in [0.717, 1.165) is 16.8 Å². The molecule has 4 rings (SSSR count). The van der Waals surface area contributed by atoms with Crippen molar-refractivity contribution < 1.29 is 4.79 Å². The first-order chi connectivity index (χ1) is 11.6. The molecule has 0 bridgehead atoms. The van der Waals surface area contributed by atoms with Crippen molar-refractivity contribution in [2.24, 2.45) is 5.73 Å². The number of anilines is 1. The van der Waals surface area contributed by atoms with E-state index in [2.05, 4.69) is 10.2 Å². The number of fused-ring (bicyclic) bond motifs is 1. The van der Waals surface area contributed by atoms with Crippen molar-refractivity contribution in [1.29, 1.82) is 0 Å². The predicted octanol–water partition coefficient (Wildman–Crippen LogP) is 1.87. The maximum absolute atomic E-state index is 11.4. The molecule has 0 unspecified atom stereocenters. The van der Waals surface area contributed by atoms with Gasteiger partial charge in [-0.25, -0.2) is 9.20 Å². The molecule has 0 aliphatic rings. The molecule has 7 nitrogen and oxygen atoms in total. The lowest BCUT2D eigenvalue weighted by Crippen LogP contribution is -2.15. The third kappa shape index (κ3) is 2.19. The quantitative estimate of drug-likeness (QED) is 0.601. The van der Waals surface area contributed by atoms with Crippen LogP contribution in [0.15, 0.2) is 61.2 Å². The lowest BCUT2D eigenvalue weighted by molar-refractivity contribution is 0.100. The first-order valence-corrected chi connectivity index (χ1v) is 7.30. The molecule has 24 heavy (non-hydrogen) atoms. The smallest absolute Gasteiger partial charge is 0.252 e. The van der Waals surface area contributed by atoms with E-state index < -0.39 is 5.91 Å². The number of carbonyl (C=O) groups excluding carboxylic acids is 1. The van der Waals surface area contributed by atoms with Gasteiger partial charge in [-0.1, -0.05) is 12.1 Å². The van der Waals surface area contributed by atoms with Crippen LogP contribution in [0.5, 0.6) is 0 Å². The summed E-state index contributed by atoms with van der Waals surface area (Å²) in [5.41, 5.74) is 15.5. The predicted molar refractivity (Wildman–Crippen MR) is 90.7 cm³/mol. The lowest BCUT2D eigenvalue weighted by Gasteiger charge is -2.02. The number of primary amides is 1. The van der Waals surface area contributed by atoms with Gasteiger partial charge in [-0.05, 0) is 29.8 Å². The normalized spacial score (nSPS) is 11.0. The Hall–Kier alpha value is -3.61. The lowest BCUT2D eigenvalue weighted by atomic mass is 10.1. The van der Waals surface area contributed by atoms with Crippen LogP contribution in [0.1, 0.15) is 10.4 Å². The van der Waals surface area contributed by atoms with Crippen LogP contribution in [-0.2, 0) is 0 Å². The Morgan fingerprint density at radius 3 is 2.54 bits per heavy atom. The molecule has 1 amide bonds. The minimum atomic E-state index is -0.589. The number of rotatable bonds is 3. The van der Waals surface area contributed by atoms with Crippen molar-refractivity contribution in [3.05, 3.63) is 66.7 Å². The molecule has 1 aromatic carbocycles. The fourth-order valence-corrected chi connectivity index (χ4v) is 2.66. The molecule has 0 saturated heterocycles. The number of nitrogen functional groups attached to an aromatic ring is 1. The summed E-state index contributed by atoms with van der Waals surface area (Å²) in [4.78, 5) is 11.4. The number of amides is 1. The van der Waals surface area contributed by atoms with Gasteiger partial charge >= 0.3 is 0 Å². The van der Waals surface area contributed by atoms with Crippen molar-refractivity contribution in [1.82, 2.24) is 19.4 Å². The molecule has 0 aliphatic carbocycles. The minimum absolute atomic E-state index is 0.223. The van der Waals surface area contributed by atoms with E-state index >= 15 is 0 Å². The average molecular weight is 318 g/mol. The van der Waals surface area contributed by atoms with Crippen LogP contribution in [0.2, 0.25) is 0 Å². The van der Waals surface area contributed by atoms with Gasteiger partial charge in [0.1, 0.15) is 0 Å². The molecule has 4 N–H and O–H groups in total. The van der Waals surface area contributed by atoms with Crippen LogP contribution in [-0.4, -0.2) is 25.3 Å². The molecule has 0 spiro atoms. The molecule has 4 aromatic rings. The minimum Gasteiger partial charge on any atom is -0.396 e. The second-order valence-electron chi connectivity index (χ2n) is 5.39. The van der Waals surface area contributed by atoms with Gasteiger partial charge in [-0.3, -0.25) is 4.79 Å². The standard InChI is InChI=1S/C17H14N6O/c18-16-14(17(19)24)9-21-23-10-12(8-15(16)23)11-2-4-13(5-3-11)22-7-1-6-20-22/h1-10H,18H2,(H2,19,24). The maximum Gasteiger partial charge on any atom is 0.252 e. The van der Waals surface area contributed by atoms with Crippen molar-refractivity contribution >= 4 is 17.1 Å². The van der Waals surface area contributed by atoms with E-state index in [0.29, 0.717) is 11.2 Å². The highest BCUT2D eigenvalue weighted by Gasteiger charge is 2.12. The first-order valence-electron chi connectivity index (χ1n) is 7.30. The van der Waals surface area contributed by atoms with E-state index in [1.165, 1.54) is 6.20 Å². The molecule has 0 radical (unpaired) electrons. The SMILES string of the molecule is NC(=O)c1cnn2cc(-c3ccc(-n4cccn4)cc3)cc2c1N. The summed E-state index contributed by atoms with van der Waals surface area (Å²) in [6.45, 7) is 0. The summed E-state index contributed by atoms with van der Waals surface area (Å²) in [5.74, 6) is -0.589. The van der Waals surface area contributed by atoms with Gasteiger partial charge in [-0.2, -0.15) is 10.2 Å². The second kappa shape index (κ2) is 5.24. The summed E-state index contributed by atoms with van der Waals surface area (Å²) < 4.78 is 3.43. The Labute approximate surface area is 137 Å². The molecule has 0 atom stereocenters. The van der Waals surface area contributed by atoms with Gasteiger partial charge in [0.05, 0.1) is 28.7 Å². The fraction of sp³-hybridized carbons (Fsp3) is 0.